The summed E-state index contributed by atoms with van der Waals surface area (Å²) in [6, 6.07) is 31.5. The Labute approximate surface area is 160 Å². The summed E-state index contributed by atoms with van der Waals surface area (Å²) in [6.07, 6.45) is 0. The minimum absolute atomic E-state index is 0.0454. The number of benzene rings is 3. The smallest absolute Gasteiger partial charge is 0.0881 e. The van der Waals surface area contributed by atoms with Crippen LogP contribution in [0.3, 0.4) is 0 Å². The van der Waals surface area contributed by atoms with E-state index >= 15 is 0 Å². The van der Waals surface area contributed by atoms with Gasteiger partial charge in [0.05, 0.1) is 4.99 Å². The van der Waals surface area contributed by atoms with Gasteiger partial charge in [0, 0.05) is 15.5 Å². The lowest BCUT2D eigenvalue weighted by Gasteiger charge is -2.33. The van der Waals surface area contributed by atoms with Crippen molar-refractivity contribution in [3.8, 4) is 0 Å². The highest BCUT2D eigenvalue weighted by Crippen LogP contribution is 2.53. The van der Waals surface area contributed by atoms with Crippen LogP contribution in [-0.4, -0.2) is 8.96 Å². The molecule has 0 bridgehead atoms. The fourth-order valence-corrected chi connectivity index (χ4v) is 8.73. The summed E-state index contributed by atoms with van der Waals surface area (Å²) in [7, 11) is -1.82. The standard InChI is InChI=1S/C23H25OPS/c1-23(2,3)26(24)22(19-13-7-4-8-14-19)25(20-15-9-5-10-16-20)21-17-11-6-12-18-21/h4-18,22H,1-3H3/t22-,26?/m0/s1. The van der Waals surface area contributed by atoms with Gasteiger partial charge in [0.25, 0.3) is 0 Å². The predicted octanol–water partition coefficient (Wildman–Crippen LogP) is 5.37. The van der Waals surface area contributed by atoms with Crippen LogP contribution in [0.1, 0.15) is 31.3 Å². The van der Waals surface area contributed by atoms with Gasteiger partial charge < -0.3 is 0 Å². The monoisotopic (exact) mass is 380 g/mol. The van der Waals surface area contributed by atoms with E-state index in [-0.39, 0.29) is 9.74 Å². The maximum atomic E-state index is 13.7. The molecule has 1 nitrogen and oxygen atoms in total. The summed E-state index contributed by atoms with van der Waals surface area (Å²) in [4.78, 5) is -0.0454. The molecule has 3 rings (SSSR count). The van der Waals surface area contributed by atoms with Crippen molar-refractivity contribution in [2.45, 2.75) is 30.5 Å². The highest BCUT2D eigenvalue weighted by molar-refractivity contribution is 7.97. The zero-order valence-electron chi connectivity index (χ0n) is 15.5. The molecule has 0 amide bonds. The highest BCUT2D eigenvalue weighted by Gasteiger charge is 2.36. The Bertz CT molecular complexity index is 802. The summed E-state index contributed by atoms with van der Waals surface area (Å²) in [5, 5.41) is 2.53. The van der Waals surface area contributed by atoms with Gasteiger partial charge in [-0.25, -0.2) is 0 Å². The van der Waals surface area contributed by atoms with Crippen LogP contribution in [0.15, 0.2) is 91.0 Å². The predicted molar refractivity (Wildman–Crippen MR) is 116 cm³/mol. The third-order valence-electron chi connectivity index (χ3n) is 4.19. The summed E-state index contributed by atoms with van der Waals surface area (Å²) in [6.45, 7) is 6.22. The van der Waals surface area contributed by atoms with Gasteiger partial charge in [-0.2, -0.15) is 0 Å². The maximum absolute atomic E-state index is 13.7. The van der Waals surface area contributed by atoms with Crippen LogP contribution in [0.2, 0.25) is 0 Å². The van der Waals surface area contributed by atoms with Gasteiger partial charge in [0.1, 0.15) is 0 Å². The van der Waals surface area contributed by atoms with E-state index in [9.17, 15) is 4.21 Å². The SMILES string of the molecule is CC(C)(C)S(=O)[C@@H](c1ccccc1)P(c1ccccc1)c1ccccc1. The first-order chi connectivity index (χ1) is 12.5. The van der Waals surface area contributed by atoms with E-state index < -0.39 is 18.7 Å². The fourth-order valence-electron chi connectivity index (χ4n) is 2.92. The van der Waals surface area contributed by atoms with E-state index in [1.165, 1.54) is 10.6 Å². The minimum Gasteiger partial charge on any atom is -0.258 e. The van der Waals surface area contributed by atoms with Gasteiger partial charge in [0.2, 0.25) is 0 Å². The first-order valence-electron chi connectivity index (χ1n) is 8.83. The minimum atomic E-state index is -1.03. The second kappa shape index (κ2) is 8.29. The molecular weight excluding hydrogens is 355 g/mol. The Morgan fingerprint density at radius 3 is 1.46 bits per heavy atom. The summed E-state index contributed by atoms with van der Waals surface area (Å²) >= 11 is 0. The first kappa shape index (κ1) is 19.0. The molecule has 2 atom stereocenters. The topological polar surface area (TPSA) is 17.1 Å². The molecule has 26 heavy (non-hydrogen) atoms. The normalized spacial score (nSPS) is 14.2. The molecule has 0 spiro atoms. The molecule has 0 aliphatic heterocycles. The van der Waals surface area contributed by atoms with Crippen molar-refractivity contribution in [3.63, 3.8) is 0 Å². The zero-order chi connectivity index (χ0) is 18.6. The van der Waals surface area contributed by atoms with Gasteiger partial charge >= 0.3 is 0 Å². The Kier molecular flexibility index (Phi) is 6.06. The third-order valence-corrected chi connectivity index (χ3v) is 9.76. The van der Waals surface area contributed by atoms with E-state index in [1.807, 2.05) is 30.3 Å². The molecule has 0 heterocycles. The molecule has 3 heteroatoms. The molecule has 1 unspecified atom stereocenters. The van der Waals surface area contributed by atoms with Gasteiger partial charge in [-0.1, -0.05) is 91.0 Å². The Morgan fingerprint density at radius 1 is 0.692 bits per heavy atom. The van der Waals surface area contributed by atoms with E-state index in [1.54, 1.807) is 0 Å². The highest BCUT2D eigenvalue weighted by atomic mass is 32.2. The lowest BCUT2D eigenvalue weighted by molar-refractivity contribution is 0.647. The van der Waals surface area contributed by atoms with Crippen LogP contribution >= 0.6 is 7.92 Å². The van der Waals surface area contributed by atoms with Crippen molar-refractivity contribution in [2.75, 3.05) is 0 Å². The molecular formula is C23H25OPS. The van der Waals surface area contributed by atoms with Crippen LogP contribution < -0.4 is 10.6 Å². The second-order valence-corrected chi connectivity index (χ2v) is 12.1. The van der Waals surface area contributed by atoms with Crippen LogP contribution in [0.25, 0.3) is 0 Å². The summed E-state index contributed by atoms with van der Waals surface area (Å²) in [5.74, 6) is 0. The Hall–Kier alpha value is -1.76. The van der Waals surface area contributed by atoms with Gasteiger partial charge in [-0.15, -0.1) is 0 Å². The average molecular weight is 380 g/mol. The van der Waals surface area contributed by atoms with E-state index in [0.29, 0.717) is 0 Å². The molecule has 0 radical (unpaired) electrons. The van der Waals surface area contributed by atoms with Crippen molar-refractivity contribution in [1.82, 2.24) is 0 Å². The molecule has 134 valence electrons. The van der Waals surface area contributed by atoms with Crippen LogP contribution in [-0.2, 0) is 10.8 Å². The molecule has 0 saturated heterocycles. The van der Waals surface area contributed by atoms with Crippen LogP contribution in [0.4, 0.5) is 0 Å². The second-order valence-electron chi connectivity index (χ2n) is 7.21. The average Bonchev–Trinajstić information content (AvgIpc) is 2.67. The molecule has 0 aliphatic carbocycles. The van der Waals surface area contributed by atoms with Gasteiger partial charge in [-0.05, 0) is 44.9 Å². The Morgan fingerprint density at radius 2 is 1.08 bits per heavy atom. The van der Waals surface area contributed by atoms with Gasteiger partial charge in [-0.3, -0.25) is 4.21 Å². The third kappa shape index (κ3) is 4.31. The van der Waals surface area contributed by atoms with E-state index in [2.05, 4.69) is 81.4 Å². The van der Waals surface area contributed by atoms with Crippen LogP contribution in [0.5, 0.6) is 0 Å². The Balaban J connectivity index is 2.21. The number of hydrogen-bond donors (Lipinski definition) is 0. The number of rotatable bonds is 5. The lowest BCUT2D eigenvalue weighted by Crippen LogP contribution is -2.30. The fraction of sp³-hybridized carbons (Fsp3) is 0.217. The largest absolute Gasteiger partial charge is 0.258 e. The summed E-state index contributed by atoms with van der Waals surface area (Å²) in [5.41, 5.74) is 1.15. The zero-order valence-corrected chi connectivity index (χ0v) is 17.2. The molecule has 0 aromatic heterocycles. The van der Waals surface area contributed by atoms with Crippen LogP contribution in [0, 0.1) is 0 Å². The van der Waals surface area contributed by atoms with E-state index in [4.69, 9.17) is 0 Å². The van der Waals surface area contributed by atoms with Gasteiger partial charge in [0.15, 0.2) is 0 Å². The molecule has 0 saturated carbocycles. The lowest BCUT2D eigenvalue weighted by atomic mass is 10.2. The van der Waals surface area contributed by atoms with Crippen molar-refractivity contribution < 1.29 is 4.21 Å². The van der Waals surface area contributed by atoms with Crippen molar-refractivity contribution in [2.24, 2.45) is 0 Å². The molecule has 0 aliphatic rings. The van der Waals surface area contributed by atoms with Crippen molar-refractivity contribution >= 4 is 29.3 Å². The molecule has 3 aromatic rings. The quantitative estimate of drug-likeness (QED) is 0.544. The van der Waals surface area contributed by atoms with E-state index in [0.717, 1.165) is 5.56 Å². The van der Waals surface area contributed by atoms with Crippen molar-refractivity contribution in [3.05, 3.63) is 96.6 Å². The van der Waals surface area contributed by atoms with Crippen molar-refractivity contribution in [1.29, 1.82) is 0 Å². The molecule has 0 fully saturated rings. The molecule has 0 N–H and O–H groups in total. The maximum Gasteiger partial charge on any atom is 0.0881 e. The summed E-state index contributed by atoms with van der Waals surface area (Å²) < 4.78 is 13.4. The first-order valence-corrected chi connectivity index (χ1v) is 11.5. The molecule has 3 aromatic carbocycles. The number of hydrogen-bond acceptors (Lipinski definition) is 1.